The van der Waals surface area contributed by atoms with Crippen LogP contribution in [-0.4, -0.2) is 24.8 Å². The Kier molecular flexibility index (Phi) is 4.77. The number of carbonyl (C=O) groups is 2. The van der Waals surface area contributed by atoms with Gasteiger partial charge < -0.3 is 10.6 Å². The number of rotatable bonds is 4. The third-order valence-electron chi connectivity index (χ3n) is 2.94. The maximum absolute atomic E-state index is 11.9. The Morgan fingerprint density at radius 3 is 2.13 bits per heavy atom. The van der Waals surface area contributed by atoms with Gasteiger partial charge in [-0.05, 0) is 49.4 Å². The van der Waals surface area contributed by atoms with Gasteiger partial charge in [0.15, 0.2) is 5.78 Å². The van der Waals surface area contributed by atoms with Crippen molar-refractivity contribution in [3.63, 3.8) is 0 Å². The highest BCUT2D eigenvalue weighted by atomic mass is 32.2. The Balaban J connectivity index is 2.06. The summed E-state index contributed by atoms with van der Waals surface area (Å²) in [4.78, 5) is 22.7. The molecule has 0 saturated carbocycles. The number of anilines is 2. The van der Waals surface area contributed by atoms with Crippen LogP contribution in [0.5, 0.6) is 0 Å². The summed E-state index contributed by atoms with van der Waals surface area (Å²) in [5, 5.41) is 4.99. The number of nitrogens with one attached hydrogen (secondary N) is 2. The van der Waals surface area contributed by atoms with Gasteiger partial charge in [0, 0.05) is 16.9 Å². The van der Waals surface area contributed by atoms with E-state index in [-0.39, 0.29) is 16.4 Å². The van der Waals surface area contributed by atoms with Crippen molar-refractivity contribution in [2.45, 2.75) is 11.8 Å². The molecule has 0 unspecified atom stereocenters. The van der Waals surface area contributed by atoms with Crippen LogP contribution in [0, 0.1) is 0 Å². The average Bonchev–Trinajstić information content (AvgIpc) is 2.47. The molecule has 0 aliphatic rings. The zero-order valence-corrected chi connectivity index (χ0v) is 12.9. The minimum absolute atomic E-state index is 0.0805. The number of ketones is 1. The van der Waals surface area contributed by atoms with Gasteiger partial charge in [0.25, 0.3) is 10.1 Å². The lowest BCUT2D eigenvalue weighted by atomic mass is 10.1. The van der Waals surface area contributed by atoms with Crippen molar-refractivity contribution in [2.75, 3.05) is 10.6 Å². The van der Waals surface area contributed by atoms with Crippen LogP contribution in [0.3, 0.4) is 0 Å². The summed E-state index contributed by atoms with van der Waals surface area (Å²) < 4.78 is 31.1. The topological polar surface area (TPSA) is 113 Å². The van der Waals surface area contributed by atoms with E-state index in [1.54, 1.807) is 24.3 Å². The molecule has 3 N–H and O–H groups in total. The highest BCUT2D eigenvalue weighted by Gasteiger charge is 2.11. The van der Waals surface area contributed by atoms with Crippen molar-refractivity contribution < 1.29 is 22.6 Å². The summed E-state index contributed by atoms with van der Waals surface area (Å²) in [6.07, 6.45) is 0. The fourth-order valence-corrected chi connectivity index (χ4v) is 2.34. The van der Waals surface area contributed by atoms with E-state index in [9.17, 15) is 18.0 Å². The van der Waals surface area contributed by atoms with Gasteiger partial charge in [0.2, 0.25) is 0 Å². The molecule has 2 aromatic carbocycles. The molecule has 2 aromatic rings. The van der Waals surface area contributed by atoms with E-state index in [0.717, 1.165) is 6.07 Å². The summed E-state index contributed by atoms with van der Waals surface area (Å²) in [5.41, 5.74) is 1.20. The predicted octanol–water partition coefficient (Wildman–Crippen LogP) is 2.78. The quantitative estimate of drug-likeness (QED) is 0.588. The second kappa shape index (κ2) is 6.59. The zero-order chi connectivity index (χ0) is 17.0. The standard InChI is InChI=1S/C15H14N2O5S/c1-10(18)11-5-7-12(8-6-11)16-15(19)17-13-3-2-4-14(9-13)23(20,21)22/h2-9H,1H3,(H2,16,17,19)(H,20,21,22). The van der Waals surface area contributed by atoms with Crippen LogP contribution in [-0.2, 0) is 10.1 Å². The van der Waals surface area contributed by atoms with Crippen LogP contribution in [0.25, 0.3) is 0 Å². The molecule has 8 heteroatoms. The minimum Gasteiger partial charge on any atom is -0.308 e. The number of hydrogen-bond donors (Lipinski definition) is 3. The Morgan fingerprint density at radius 1 is 0.957 bits per heavy atom. The second-order valence-corrected chi connectivity index (χ2v) is 6.14. The maximum Gasteiger partial charge on any atom is 0.323 e. The third kappa shape index (κ3) is 4.63. The van der Waals surface area contributed by atoms with Gasteiger partial charge in [0.1, 0.15) is 0 Å². The summed E-state index contributed by atoms with van der Waals surface area (Å²) in [5.74, 6) is -0.0805. The molecule has 23 heavy (non-hydrogen) atoms. The van der Waals surface area contributed by atoms with E-state index in [0.29, 0.717) is 11.3 Å². The maximum atomic E-state index is 11.9. The van der Waals surface area contributed by atoms with Gasteiger partial charge in [-0.1, -0.05) is 6.07 Å². The molecule has 7 nitrogen and oxygen atoms in total. The molecule has 0 atom stereocenters. The first kappa shape index (κ1) is 16.7. The number of carbonyl (C=O) groups excluding carboxylic acids is 2. The second-order valence-electron chi connectivity index (χ2n) is 4.72. The lowest BCUT2D eigenvalue weighted by Crippen LogP contribution is -2.19. The van der Waals surface area contributed by atoms with Crippen molar-refractivity contribution in [2.24, 2.45) is 0 Å². The molecular formula is C15H14N2O5S. The molecule has 0 fully saturated rings. The molecule has 120 valence electrons. The minimum atomic E-state index is -4.34. The predicted molar refractivity (Wildman–Crippen MR) is 85.3 cm³/mol. The van der Waals surface area contributed by atoms with Crippen LogP contribution >= 0.6 is 0 Å². The molecule has 0 aliphatic heterocycles. The van der Waals surface area contributed by atoms with E-state index in [4.69, 9.17) is 4.55 Å². The van der Waals surface area contributed by atoms with E-state index in [1.165, 1.54) is 25.1 Å². The molecule has 0 spiro atoms. The normalized spacial score (nSPS) is 10.9. The highest BCUT2D eigenvalue weighted by molar-refractivity contribution is 7.85. The molecule has 0 heterocycles. The first-order valence-electron chi connectivity index (χ1n) is 6.52. The van der Waals surface area contributed by atoms with Crippen LogP contribution in [0.2, 0.25) is 0 Å². The first-order valence-corrected chi connectivity index (χ1v) is 7.96. The van der Waals surface area contributed by atoms with Gasteiger partial charge in [-0.25, -0.2) is 4.79 Å². The molecule has 0 bridgehead atoms. The molecule has 0 aromatic heterocycles. The van der Waals surface area contributed by atoms with Crippen molar-refractivity contribution >= 4 is 33.3 Å². The van der Waals surface area contributed by atoms with Gasteiger partial charge >= 0.3 is 6.03 Å². The summed E-state index contributed by atoms with van der Waals surface area (Å²) in [6.45, 7) is 1.44. The highest BCUT2D eigenvalue weighted by Crippen LogP contribution is 2.16. The van der Waals surface area contributed by atoms with Gasteiger partial charge in [-0.2, -0.15) is 8.42 Å². The Bertz CT molecular complexity index is 844. The molecular weight excluding hydrogens is 320 g/mol. The molecule has 0 radical (unpaired) electrons. The number of amides is 2. The Morgan fingerprint density at radius 2 is 1.57 bits per heavy atom. The molecule has 2 amide bonds. The first-order chi connectivity index (χ1) is 10.8. The SMILES string of the molecule is CC(=O)c1ccc(NC(=O)Nc2cccc(S(=O)(=O)O)c2)cc1. The van der Waals surface area contributed by atoms with Gasteiger partial charge in [-0.15, -0.1) is 0 Å². The lowest BCUT2D eigenvalue weighted by Gasteiger charge is -2.08. The van der Waals surface area contributed by atoms with Crippen molar-refractivity contribution in [3.8, 4) is 0 Å². The lowest BCUT2D eigenvalue weighted by molar-refractivity contribution is 0.101. The average molecular weight is 334 g/mol. The van der Waals surface area contributed by atoms with E-state index >= 15 is 0 Å². The van der Waals surface area contributed by atoms with Gasteiger partial charge in [-0.3, -0.25) is 9.35 Å². The Hall–Kier alpha value is -2.71. The van der Waals surface area contributed by atoms with E-state index < -0.39 is 16.1 Å². The monoisotopic (exact) mass is 334 g/mol. The van der Waals surface area contributed by atoms with Crippen LogP contribution in [0.15, 0.2) is 53.4 Å². The smallest absolute Gasteiger partial charge is 0.308 e. The fraction of sp³-hybridized carbons (Fsp3) is 0.0667. The van der Waals surface area contributed by atoms with Crippen LogP contribution < -0.4 is 10.6 Å². The summed E-state index contributed by atoms with van der Waals surface area (Å²) in [7, 11) is -4.34. The van der Waals surface area contributed by atoms with Crippen molar-refractivity contribution in [1.29, 1.82) is 0 Å². The fourth-order valence-electron chi connectivity index (χ4n) is 1.82. The molecule has 0 saturated heterocycles. The summed E-state index contributed by atoms with van der Waals surface area (Å²) >= 11 is 0. The van der Waals surface area contributed by atoms with Crippen molar-refractivity contribution in [1.82, 2.24) is 0 Å². The largest absolute Gasteiger partial charge is 0.323 e. The summed E-state index contributed by atoms with van der Waals surface area (Å²) in [6, 6.07) is 10.9. The zero-order valence-electron chi connectivity index (χ0n) is 12.1. The number of Topliss-reactive ketones (excluding diaryl/α,β-unsaturated/α-hetero) is 1. The number of benzene rings is 2. The molecule has 0 aliphatic carbocycles. The number of hydrogen-bond acceptors (Lipinski definition) is 4. The third-order valence-corrected chi connectivity index (χ3v) is 3.79. The van der Waals surface area contributed by atoms with Crippen molar-refractivity contribution in [3.05, 3.63) is 54.1 Å². The van der Waals surface area contributed by atoms with Gasteiger partial charge in [0.05, 0.1) is 4.90 Å². The van der Waals surface area contributed by atoms with Crippen LogP contribution in [0.1, 0.15) is 17.3 Å². The number of urea groups is 1. The molecule has 2 rings (SSSR count). The van der Waals surface area contributed by atoms with E-state index in [2.05, 4.69) is 10.6 Å². The Labute approximate surface area is 133 Å². The van der Waals surface area contributed by atoms with E-state index in [1.807, 2.05) is 0 Å². The van der Waals surface area contributed by atoms with Crippen LogP contribution in [0.4, 0.5) is 16.2 Å².